The lowest BCUT2D eigenvalue weighted by Crippen LogP contribution is -2.33. The summed E-state index contributed by atoms with van der Waals surface area (Å²) < 4.78 is 0. The van der Waals surface area contributed by atoms with Crippen LogP contribution in [-0.4, -0.2) is 37.7 Å². The van der Waals surface area contributed by atoms with Crippen LogP contribution in [0.1, 0.15) is 19.3 Å². The van der Waals surface area contributed by atoms with E-state index in [2.05, 4.69) is 5.32 Å². The third-order valence-corrected chi connectivity index (χ3v) is 4.55. The number of benzene rings is 1. The predicted molar refractivity (Wildman–Crippen MR) is 97.2 cm³/mol. The van der Waals surface area contributed by atoms with Crippen molar-refractivity contribution >= 4 is 41.7 Å². The smallest absolute Gasteiger partial charge is 0.227 e. The van der Waals surface area contributed by atoms with Gasteiger partial charge in [0, 0.05) is 30.1 Å². The third kappa shape index (κ3) is 5.41. The molecule has 128 valence electrons. The minimum atomic E-state index is -0.259. The van der Waals surface area contributed by atoms with E-state index in [1.807, 2.05) is 30.5 Å². The Hall–Kier alpha value is -1.24. The Morgan fingerprint density at radius 2 is 2.04 bits per heavy atom. The molecular weight excluding hydrogens is 334 g/mol. The minimum Gasteiger partial charge on any atom is -0.356 e. The number of rotatable bonds is 7. The lowest BCUT2D eigenvalue weighted by atomic mass is 10.1. The molecule has 0 aliphatic carbocycles. The number of nitrogens with zero attached hydrogens (tertiary/aromatic N) is 1. The van der Waals surface area contributed by atoms with E-state index in [-0.39, 0.29) is 36.6 Å². The van der Waals surface area contributed by atoms with Gasteiger partial charge >= 0.3 is 0 Å². The minimum absolute atomic E-state index is 0. The highest BCUT2D eigenvalue weighted by Crippen LogP contribution is 2.27. The molecule has 2 rings (SSSR count). The van der Waals surface area contributed by atoms with Crippen LogP contribution in [0.4, 0.5) is 5.69 Å². The van der Waals surface area contributed by atoms with Gasteiger partial charge in [0.15, 0.2) is 0 Å². The molecule has 0 aromatic heterocycles. The molecule has 0 saturated carbocycles. The van der Waals surface area contributed by atoms with Gasteiger partial charge in [0.25, 0.3) is 0 Å². The van der Waals surface area contributed by atoms with Gasteiger partial charge in [-0.2, -0.15) is 0 Å². The molecule has 0 bridgehead atoms. The van der Waals surface area contributed by atoms with Crippen molar-refractivity contribution in [3.8, 4) is 0 Å². The Balaban J connectivity index is 0.00000264. The Kier molecular flexibility index (Phi) is 8.44. The van der Waals surface area contributed by atoms with Crippen LogP contribution in [0.25, 0.3) is 0 Å². The lowest BCUT2D eigenvalue weighted by molar-refractivity contribution is -0.126. The fourth-order valence-electron chi connectivity index (χ4n) is 2.52. The Labute approximate surface area is 147 Å². The molecule has 0 radical (unpaired) electrons. The topological polar surface area (TPSA) is 75.4 Å². The third-order valence-electron chi connectivity index (χ3n) is 3.81. The van der Waals surface area contributed by atoms with Crippen LogP contribution in [0.15, 0.2) is 29.2 Å². The van der Waals surface area contributed by atoms with Gasteiger partial charge in [0.2, 0.25) is 11.8 Å². The highest BCUT2D eigenvalue weighted by atomic mass is 35.5. The fraction of sp³-hybridized carbons (Fsp3) is 0.500. The number of anilines is 1. The SMILES string of the molecule is CSc1ccc(N2CC(C(=O)NCCCCN)CC2=O)cc1.Cl. The number of carbonyl (C=O) groups excluding carboxylic acids is 2. The first-order chi connectivity index (χ1) is 10.7. The zero-order valence-electron chi connectivity index (χ0n) is 13.3. The summed E-state index contributed by atoms with van der Waals surface area (Å²) in [5.74, 6) is -0.279. The molecule has 7 heteroatoms. The highest BCUT2D eigenvalue weighted by Gasteiger charge is 2.34. The van der Waals surface area contributed by atoms with E-state index in [0.717, 1.165) is 23.4 Å². The normalized spacial score (nSPS) is 17.0. The molecule has 2 amide bonds. The molecule has 1 fully saturated rings. The van der Waals surface area contributed by atoms with Gasteiger partial charge in [0.05, 0.1) is 5.92 Å². The standard InChI is InChI=1S/C16H23N3O2S.ClH/c1-22-14-6-4-13(5-7-14)19-11-12(10-15(19)20)16(21)18-9-3-2-8-17;/h4-7,12H,2-3,8-11,17H2,1H3,(H,18,21);1H. The van der Waals surface area contributed by atoms with E-state index in [0.29, 0.717) is 19.6 Å². The molecule has 0 spiro atoms. The number of hydrogen-bond acceptors (Lipinski definition) is 4. The molecule has 1 atom stereocenters. The van der Waals surface area contributed by atoms with Gasteiger partial charge in [0.1, 0.15) is 0 Å². The van der Waals surface area contributed by atoms with E-state index in [9.17, 15) is 9.59 Å². The predicted octanol–water partition coefficient (Wildman–Crippen LogP) is 2.04. The first kappa shape index (κ1) is 19.8. The average Bonchev–Trinajstić information content (AvgIpc) is 2.93. The molecule has 3 N–H and O–H groups in total. The molecule has 1 unspecified atom stereocenters. The van der Waals surface area contributed by atoms with Gasteiger partial charge < -0.3 is 16.0 Å². The molecule has 1 aliphatic rings. The van der Waals surface area contributed by atoms with Gasteiger partial charge in [-0.05, 0) is 49.9 Å². The molecule has 23 heavy (non-hydrogen) atoms. The zero-order valence-corrected chi connectivity index (χ0v) is 14.9. The van der Waals surface area contributed by atoms with E-state index < -0.39 is 0 Å². The number of halogens is 1. The molecule has 1 saturated heterocycles. The number of amides is 2. The van der Waals surface area contributed by atoms with Crippen molar-refractivity contribution in [2.45, 2.75) is 24.2 Å². The number of carbonyl (C=O) groups is 2. The molecule has 1 heterocycles. The quantitative estimate of drug-likeness (QED) is 0.578. The van der Waals surface area contributed by atoms with Crippen molar-refractivity contribution in [2.75, 3.05) is 30.8 Å². The number of thioether (sulfide) groups is 1. The molecule has 5 nitrogen and oxygen atoms in total. The summed E-state index contributed by atoms with van der Waals surface area (Å²) in [6, 6.07) is 7.86. The molecule has 1 aliphatic heterocycles. The average molecular weight is 358 g/mol. The first-order valence-electron chi connectivity index (χ1n) is 7.58. The summed E-state index contributed by atoms with van der Waals surface area (Å²) in [5.41, 5.74) is 6.29. The van der Waals surface area contributed by atoms with Crippen molar-refractivity contribution in [3.63, 3.8) is 0 Å². The maximum absolute atomic E-state index is 12.1. The molecular formula is C16H24ClN3O2S. The van der Waals surface area contributed by atoms with E-state index in [1.54, 1.807) is 16.7 Å². The van der Waals surface area contributed by atoms with Crippen molar-refractivity contribution in [1.29, 1.82) is 0 Å². The summed E-state index contributed by atoms with van der Waals surface area (Å²) in [6.07, 6.45) is 4.08. The first-order valence-corrected chi connectivity index (χ1v) is 8.80. The Morgan fingerprint density at radius 3 is 2.65 bits per heavy atom. The molecule has 1 aromatic rings. The fourth-order valence-corrected chi connectivity index (χ4v) is 2.93. The summed E-state index contributed by atoms with van der Waals surface area (Å²) >= 11 is 1.66. The van der Waals surface area contributed by atoms with E-state index >= 15 is 0 Å². The Bertz CT molecular complexity index is 525. The lowest BCUT2D eigenvalue weighted by Gasteiger charge is -2.17. The van der Waals surface area contributed by atoms with Crippen LogP contribution in [0.2, 0.25) is 0 Å². The second-order valence-corrected chi connectivity index (χ2v) is 6.27. The second kappa shape index (κ2) is 9.80. The van der Waals surface area contributed by atoms with E-state index in [1.165, 1.54) is 0 Å². The number of nitrogens with one attached hydrogen (secondary N) is 1. The van der Waals surface area contributed by atoms with Gasteiger partial charge in [-0.15, -0.1) is 24.2 Å². The largest absolute Gasteiger partial charge is 0.356 e. The van der Waals surface area contributed by atoms with Crippen molar-refractivity contribution in [2.24, 2.45) is 11.7 Å². The number of nitrogens with two attached hydrogens (primary N) is 1. The van der Waals surface area contributed by atoms with Crippen LogP contribution in [0.5, 0.6) is 0 Å². The van der Waals surface area contributed by atoms with Crippen molar-refractivity contribution in [1.82, 2.24) is 5.32 Å². The number of unbranched alkanes of at least 4 members (excludes halogenated alkanes) is 1. The van der Waals surface area contributed by atoms with Gasteiger partial charge in [-0.3, -0.25) is 9.59 Å². The maximum Gasteiger partial charge on any atom is 0.227 e. The monoisotopic (exact) mass is 357 g/mol. The summed E-state index contributed by atoms with van der Waals surface area (Å²) in [4.78, 5) is 27.1. The van der Waals surface area contributed by atoms with Gasteiger partial charge in [-0.1, -0.05) is 0 Å². The van der Waals surface area contributed by atoms with E-state index in [4.69, 9.17) is 5.73 Å². The van der Waals surface area contributed by atoms with Gasteiger partial charge in [-0.25, -0.2) is 0 Å². The van der Waals surface area contributed by atoms with Crippen molar-refractivity contribution < 1.29 is 9.59 Å². The van der Waals surface area contributed by atoms with Crippen LogP contribution in [-0.2, 0) is 9.59 Å². The maximum atomic E-state index is 12.1. The molecule has 1 aromatic carbocycles. The Morgan fingerprint density at radius 1 is 1.35 bits per heavy atom. The summed E-state index contributed by atoms with van der Waals surface area (Å²) in [7, 11) is 0. The number of hydrogen-bond donors (Lipinski definition) is 2. The summed E-state index contributed by atoms with van der Waals surface area (Å²) in [6.45, 7) is 1.72. The second-order valence-electron chi connectivity index (χ2n) is 5.39. The van der Waals surface area contributed by atoms with Crippen LogP contribution >= 0.6 is 24.2 Å². The zero-order chi connectivity index (χ0) is 15.9. The van der Waals surface area contributed by atoms with Crippen LogP contribution < -0.4 is 16.0 Å². The van der Waals surface area contributed by atoms with Crippen LogP contribution in [0, 0.1) is 5.92 Å². The van der Waals surface area contributed by atoms with Crippen molar-refractivity contribution in [3.05, 3.63) is 24.3 Å². The van der Waals surface area contributed by atoms with Crippen LogP contribution in [0.3, 0.4) is 0 Å². The summed E-state index contributed by atoms with van der Waals surface area (Å²) in [5, 5.41) is 2.89. The highest BCUT2D eigenvalue weighted by molar-refractivity contribution is 7.98.